The van der Waals surface area contributed by atoms with Crippen molar-refractivity contribution in [1.82, 2.24) is 10.6 Å². The van der Waals surface area contributed by atoms with Crippen molar-refractivity contribution < 1.29 is 23.5 Å². The summed E-state index contributed by atoms with van der Waals surface area (Å²) >= 11 is 0. The van der Waals surface area contributed by atoms with E-state index in [0.717, 1.165) is 0 Å². The number of nitrogens with one attached hydrogen (secondary N) is 3. The molecule has 0 saturated heterocycles. The SMILES string of the molecule is COc1ccc(OC)c(NC(=O)C2=C(C)NC(=O)N[C@@H]2c2ccccc2F)c1. The number of benzene rings is 2. The first kappa shape index (κ1) is 19.2. The van der Waals surface area contributed by atoms with Crippen molar-refractivity contribution in [2.24, 2.45) is 0 Å². The second-order valence-corrected chi connectivity index (χ2v) is 6.11. The van der Waals surface area contributed by atoms with Crippen LogP contribution in [0.25, 0.3) is 0 Å². The van der Waals surface area contributed by atoms with Gasteiger partial charge in [0.1, 0.15) is 17.3 Å². The summed E-state index contributed by atoms with van der Waals surface area (Å²) in [5.74, 6) is -0.0678. The monoisotopic (exact) mass is 385 g/mol. The molecule has 1 aliphatic heterocycles. The van der Waals surface area contributed by atoms with Crippen LogP contribution in [0.5, 0.6) is 11.5 Å². The van der Waals surface area contributed by atoms with Gasteiger partial charge in [-0.2, -0.15) is 0 Å². The molecule has 146 valence electrons. The van der Waals surface area contributed by atoms with Crippen molar-refractivity contribution in [3.05, 3.63) is 65.1 Å². The normalized spacial score (nSPS) is 16.1. The van der Waals surface area contributed by atoms with E-state index in [0.29, 0.717) is 22.9 Å². The average Bonchev–Trinajstić information content (AvgIpc) is 2.67. The first-order chi connectivity index (χ1) is 13.4. The molecule has 0 aromatic heterocycles. The van der Waals surface area contributed by atoms with Gasteiger partial charge in [0.2, 0.25) is 0 Å². The number of anilines is 1. The standard InChI is InChI=1S/C20H20FN3O4/c1-11-17(18(24-20(26)22-11)13-6-4-5-7-14(13)21)19(25)23-15-10-12(27-2)8-9-16(15)28-3/h4-10,18H,1-3H3,(H,23,25)(H2,22,24,26)/t18-/m1/s1. The molecule has 0 spiro atoms. The number of carbonyl (C=O) groups excluding carboxylic acids is 2. The van der Waals surface area contributed by atoms with Gasteiger partial charge in [0.05, 0.1) is 31.5 Å². The van der Waals surface area contributed by atoms with E-state index in [1.165, 1.54) is 26.4 Å². The topological polar surface area (TPSA) is 88.7 Å². The van der Waals surface area contributed by atoms with E-state index < -0.39 is 23.8 Å². The smallest absolute Gasteiger partial charge is 0.319 e. The number of carbonyl (C=O) groups is 2. The molecule has 0 fully saturated rings. The summed E-state index contributed by atoms with van der Waals surface area (Å²) in [4.78, 5) is 25.0. The van der Waals surface area contributed by atoms with E-state index in [-0.39, 0.29) is 11.1 Å². The lowest BCUT2D eigenvalue weighted by molar-refractivity contribution is -0.113. The minimum Gasteiger partial charge on any atom is -0.497 e. The van der Waals surface area contributed by atoms with Crippen LogP contribution < -0.4 is 25.4 Å². The Morgan fingerprint density at radius 1 is 1.14 bits per heavy atom. The quantitative estimate of drug-likeness (QED) is 0.738. The highest BCUT2D eigenvalue weighted by atomic mass is 19.1. The van der Waals surface area contributed by atoms with E-state index in [2.05, 4.69) is 16.0 Å². The van der Waals surface area contributed by atoms with Crippen LogP contribution in [0.15, 0.2) is 53.7 Å². The predicted octanol–water partition coefficient (Wildman–Crippen LogP) is 3.11. The van der Waals surface area contributed by atoms with Crippen LogP contribution in [-0.4, -0.2) is 26.2 Å². The summed E-state index contributed by atoms with van der Waals surface area (Å²) in [6, 6.07) is 9.50. The van der Waals surface area contributed by atoms with Crippen LogP contribution in [0.3, 0.4) is 0 Å². The lowest BCUT2D eigenvalue weighted by atomic mass is 9.94. The van der Waals surface area contributed by atoms with Gasteiger partial charge in [-0.3, -0.25) is 4.79 Å². The Morgan fingerprint density at radius 2 is 1.89 bits per heavy atom. The molecule has 0 unspecified atom stereocenters. The molecule has 8 heteroatoms. The molecule has 0 saturated carbocycles. The van der Waals surface area contributed by atoms with Crippen molar-refractivity contribution >= 4 is 17.6 Å². The van der Waals surface area contributed by atoms with Gasteiger partial charge in [-0.1, -0.05) is 18.2 Å². The van der Waals surface area contributed by atoms with Crippen molar-refractivity contribution in [3.8, 4) is 11.5 Å². The molecule has 28 heavy (non-hydrogen) atoms. The molecular formula is C20H20FN3O4. The van der Waals surface area contributed by atoms with Crippen molar-refractivity contribution in [2.45, 2.75) is 13.0 Å². The van der Waals surface area contributed by atoms with Gasteiger partial charge in [0.25, 0.3) is 5.91 Å². The highest BCUT2D eigenvalue weighted by Crippen LogP contribution is 2.32. The number of rotatable bonds is 5. The number of ether oxygens (including phenoxy) is 2. The Labute approximate surface area is 161 Å². The molecule has 3 amide bonds. The summed E-state index contributed by atoms with van der Waals surface area (Å²) in [6.07, 6.45) is 0. The molecule has 2 aromatic rings. The van der Waals surface area contributed by atoms with Crippen LogP contribution in [0, 0.1) is 5.82 Å². The van der Waals surface area contributed by atoms with Gasteiger partial charge in [-0.15, -0.1) is 0 Å². The average molecular weight is 385 g/mol. The van der Waals surface area contributed by atoms with Gasteiger partial charge in [-0.25, -0.2) is 9.18 Å². The maximum atomic E-state index is 14.3. The Hall–Kier alpha value is -3.55. The largest absolute Gasteiger partial charge is 0.497 e. The summed E-state index contributed by atoms with van der Waals surface area (Å²) in [7, 11) is 2.99. The van der Waals surface area contributed by atoms with E-state index in [9.17, 15) is 14.0 Å². The Morgan fingerprint density at radius 3 is 2.57 bits per heavy atom. The maximum absolute atomic E-state index is 14.3. The van der Waals surface area contributed by atoms with Gasteiger partial charge < -0.3 is 25.4 Å². The van der Waals surface area contributed by atoms with Crippen LogP contribution in [0.2, 0.25) is 0 Å². The van der Waals surface area contributed by atoms with Gasteiger partial charge >= 0.3 is 6.03 Å². The van der Waals surface area contributed by atoms with Gasteiger partial charge in [0.15, 0.2) is 0 Å². The molecule has 1 atom stereocenters. The van der Waals surface area contributed by atoms with Gasteiger partial charge in [0, 0.05) is 17.3 Å². The van der Waals surface area contributed by atoms with E-state index in [1.54, 1.807) is 37.3 Å². The first-order valence-electron chi connectivity index (χ1n) is 8.50. The lowest BCUT2D eigenvalue weighted by Gasteiger charge is -2.29. The summed E-state index contributed by atoms with van der Waals surface area (Å²) < 4.78 is 24.8. The Kier molecular flexibility index (Phi) is 5.49. The lowest BCUT2D eigenvalue weighted by Crippen LogP contribution is -2.46. The van der Waals surface area contributed by atoms with E-state index in [4.69, 9.17) is 9.47 Å². The minimum absolute atomic E-state index is 0.189. The number of hydrogen-bond acceptors (Lipinski definition) is 4. The highest BCUT2D eigenvalue weighted by molar-refractivity contribution is 6.07. The van der Waals surface area contributed by atoms with Crippen molar-refractivity contribution in [1.29, 1.82) is 0 Å². The number of amides is 3. The number of urea groups is 1. The molecule has 7 nitrogen and oxygen atoms in total. The molecule has 0 bridgehead atoms. The number of methoxy groups -OCH3 is 2. The van der Waals surface area contributed by atoms with Crippen LogP contribution >= 0.6 is 0 Å². The Balaban J connectivity index is 2.00. The maximum Gasteiger partial charge on any atom is 0.319 e. The van der Waals surface area contributed by atoms with Crippen LogP contribution in [0.4, 0.5) is 14.9 Å². The summed E-state index contributed by atoms with van der Waals surface area (Å²) in [5.41, 5.74) is 1.10. The van der Waals surface area contributed by atoms with E-state index >= 15 is 0 Å². The Bertz CT molecular complexity index is 958. The zero-order valence-electron chi connectivity index (χ0n) is 15.6. The summed E-state index contributed by atoms with van der Waals surface area (Å²) in [5, 5.41) is 7.92. The fourth-order valence-corrected chi connectivity index (χ4v) is 3.04. The van der Waals surface area contributed by atoms with Crippen molar-refractivity contribution in [2.75, 3.05) is 19.5 Å². The third kappa shape index (κ3) is 3.75. The molecule has 3 rings (SSSR count). The molecule has 1 aliphatic rings. The molecule has 1 heterocycles. The number of allylic oxidation sites excluding steroid dienone is 1. The third-order valence-electron chi connectivity index (χ3n) is 4.38. The molecule has 2 aromatic carbocycles. The second-order valence-electron chi connectivity index (χ2n) is 6.11. The number of halogens is 1. The van der Waals surface area contributed by atoms with E-state index in [1.807, 2.05) is 0 Å². The molecule has 0 aliphatic carbocycles. The number of hydrogen-bond donors (Lipinski definition) is 3. The fraction of sp³-hybridized carbons (Fsp3) is 0.200. The third-order valence-corrected chi connectivity index (χ3v) is 4.38. The van der Waals surface area contributed by atoms with Crippen molar-refractivity contribution in [3.63, 3.8) is 0 Å². The second kappa shape index (κ2) is 7.99. The molecule has 3 N–H and O–H groups in total. The molecular weight excluding hydrogens is 365 g/mol. The fourth-order valence-electron chi connectivity index (χ4n) is 3.04. The van der Waals surface area contributed by atoms with Crippen LogP contribution in [-0.2, 0) is 4.79 Å². The highest BCUT2D eigenvalue weighted by Gasteiger charge is 2.33. The predicted molar refractivity (Wildman–Crippen MR) is 102 cm³/mol. The minimum atomic E-state index is -0.938. The van der Waals surface area contributed by atoms with Crippen LogP contribution in [0.1, 0.15) is 18.5 Å². The summed E-state index contributed by atoms with van der Waals surface area (Å²) in [6.45, 7) is 1.59. The molecule has 0 radical (unpaired) electrons. The van der Waals surface area contributed by atoms with Gasteiger partial charge in [-0.05, 0) is 25.1 Å². The zero-order chi connectivity index (χ0) is 20.3. The zero-order valence-corrected chi connectivity index (χ0v) is 15.6. The first-order valence-corrected chi connectivity index (χ1v) is 8.50.